The normalized spacial score (nSPS) is 24.7. The van der Waals surface area contributed by atoms with Gasteiger partial charge in [-0.15, -0.1) is 11.8 Å². The molecule has 0 radical (unpaired) electrons. The topological polar surface area (TPSA) is 17.1 Å². The summed E-state index contributed by atoms with van der Waals surface area (Å²) in [5.41, 5.74) is 3.16. The second-order valence-corrected chi connectivity index (χ2v) is 6.38. The van der Waals surface area contributed by atoms with E-state index in [9.17, 15) is 4.79 Å². The summed E-state index contributed by atoms with van der Waals surface area (Å²) in [6.07, 6.45) is 2.18. The first-order chi connectivity index (χ1) is 7.54. The molecule has 0 N–H and O–H groups in total. The highest BCUT2D eigenvalue weighted by Gasteiger charge is 2.38. The zero-order valence-electron chi connectivity index (χ0n) is 10.2. The number of carbonyl (C=O) groups excluding carboxylic acids is 1. The fraction of sp³-hybridized carbons (Fsp3) is 0.500. The lowest BCUT2D eigenvalue weighted by Gasteiger charge is -2.23. The van der Waals surface area contributed by atoms with Crippen molar-refractivity contribution in [2.24, 2.45) is 0 Å². The van der Waals surface area contributed by atoms with Crippen LogP contribution in [0.1, 0.15) is 41.3 Å². The lowest BCUT2D eigenvalue weighted by atomic mass is 9.89. The number of ketones is 1. The van der Waals surface area contributed by atoms with E-state index >= 15 is 0 Å². The van der Waals surface area contributed by atoms with E-state index in [0.29, 0.717) is 5.78 Å². The van der Waals surface area contributed by atoms with Gasteiger partial charge in [-0.05, 0) is 50.5 Å². The lowest BCUT2D eigenvalue weighted by Crippen LogP contribution is -2.30. The summed E-state index contributed by atoms with van der Waals surface area (Å²) in [5, 5.41) is 0. The first-order valence-corrected chi connectivity index (χ1v) is 6.78. The van der Waals surface area contributed by atoms with Gasteiger partial charge in [-0.25, -0.2) is 0 Å². The van der Waals surface area contributed by atoms with Crippen LogP contribution in [0.2, 0.25) is 0 Å². The molecule has 1 atom stereocenters. The minimum Gasteiger partial charge on any atom is -0.293 e. The predicted molar refractivity (Wildman–Crippen MR) is 70.3 cm³/mol. The van der Waals surface area contributed by atoms with Gasteiger partial charge in [0.15, 0.2) is 5.78 Å². The van der Waals surface area contributed by atoms with E-state index in [0.717, 1.165) is 35.3 Å². The Kier molecular flexibility index (Phi) is 3.11. The van der Waals surface area contributed by atoms with Crippen LogP contribution in [-0.4, -0.2) is 16.3 Å². The van der Waals surface area contributed by atoms with Crippen LogP contribution in [0.4, 0.5) is 0 Å². The van der Waals surface area contributed by atoms with E-state index in [-0.39, 0.29) is 4.75 Å². The molecular weight excluding hydrogens is 216 g/mol. The number of aryl methyl sites for hydroxylation is 2. The molecule has 0 aliphatic carbocycles. The third-order valence-electron chi connectivity index (χ3n) is 3.41. The van der Waals surface area contributed by atoms with Crippen LogP contribution < -0.4 is 0 Å². The van der Waals surface area contributed by atoms with Crippen LogP contribution in [0.3, 0.4) is 0 Å². The summed E-state index contributed by atoms with van der Waals surface area (Å²) >= 11 is 1.82. The van der Waals surface area contributed by atoms with Crippen LogP contribution in [0, 0.1) is 13.8 Å². The van der Waals surface area contributed by atoms with E-state index < -0.39 is 0 Å². The summed E-state index contributed by atoms with van der Waals surface area (Å²) in [5.74, 6) is 1.44. The van der Waals surface area contributed by atoms with Gasteiger partial charge in [0.2, 0.25) is 0 Å². The molecule has 2 rings (SSSR count). The Bertz CT molecular complexity index is 396. The number of hydrogen-bond donors (Lipinski definition) is 0. The van der Waals surface area contributed by atoms with Crippen molar-refractivity contribution in [3.05, 3.63) is 34.9 Å². The molecule has 1 aliphatic rings. The molecule has 2 heteroatoms. The van der Waals surface area contributed by atoms with Crippen LogP contribution >= 0.6 is 11.8 Å². The van der Waals surface area contributed by atoms with E-state index in [4.69, 9.17) is 0 Å². The van der Waals surface area contributed by atoms with Gasteiger partial charge in [0, 0.05) is 5.56 Å². The SMILES string of the molecule is Cc1cccc(C)c1C(=O)C1(C)CCCS1. The Hall–Kier alpha value is -0.760. The number of rotatable bonds is 2. The molecule has 1 saturated heterocycles. The maximum atomic E-state index is 12.6. The fourth-order valence-corrected chi connectivity index (χ4v) is 3.66. The second kappa shape index (κ2) is 4.25. The zero-order valence-corrected chi connectivity index (χ0v) is 11.0. The molecule has 0 amide bonds. The fourth-order valence-electron chi connectivity index (χ4n) is 2.40. The van der Waals surface area contributed by atoms with Crippen molar-refractivity contribution < 1.29 is 4.79 Å². The molecule has 0 spiro atoms. The quantitative estimate of drug-likeness (QED) is 0.725. The van der Waals surface area contributed by atoms with Crippen LogP contribution in [0.25, 0.3) is 0 Å². The van der Waals surface area contributed by atoms with Crippen molar-refractivity contribution in [2.75, 3.05) is 5.75 Å². The highest BCUT2D eigenvalue weighted by Crippen LogP contribution is 2.41. The number of carbonyl (C=O) groups is 1. The van der Waals surface area contributed by atoms with Crippen molar-refractivity contribution in [2.45, 2.75) is 38.4 Å². The van der Waals surface area contributed by atoms with Crippen molar-refractivity contribution in [3.8, 4) is 0 Å². The standard InChI is InChI=1S/C14H18OS/c1-10-6-4-7-11(2)12(10)13(15)14(3)8-5-9-16-14/h4,6-7H,5,8-9H2,1-3H3. The molecule has 16 heavy (non-hydrogen) atoms. The monoisotopic (exact) mass is 234 g/mol. The average Bonchev–Trinajstić information content (AvgIpc) is 2.66. The molecule has 1 aromatic rings. The highest BCUT2D eigenvalue weighted by atomic mass is 32.2. The van der Waals surface area contributed by atoms with Gasteiger partial charge in [0.05, 0.1) is 4.75 Å². The molecule has 86 valence electrons. The van der Waals surface area contributed by atoms with E-state index in [1.807, 2.05) is 43.8 Å². The molecule has 1 nitrogen and oxygen atoms in total. The van der Waals surface area contributed by atoms with Crippen LogP contribution in [-0.2, 0) is 0 Å². The maximum absolute atomic E-state index is 12.6. The largest absolute Gasteiger partial charge is 0.293 e. The van der Waals surface area contributed by atoms with Gasteiger partial charge in [-0.2, -0.15) is 0 Å². The molecule has 1 heterocycles. The van der Waals surface area contributed by atoms with Crippen LogP contribution in [0.5, 0.6) is 0 Å². The van der Waals surface area contributed by atoms with Crippen molar-refractivity contribution in [1.82, 2.24) is 0 Å². The first-order valence-electron chi connectivity index (χ1n) is 5.79. The highest BCUT2D eigenvalue weighted by molar-refractivity contribution is 8.01. The molecule has 0 bridgehead atoms. The smallest absolute Gasteiger partial charge is 0.179 e. The van der Waals surface area contributed by atoms with Gasteiger partial charge < -0.3 is 0 Å². The maximum Gasteiger partial charge on any atom is 0.179 e. The van der Waals surface area contributed by atoms with Crippen LogP contribution in [0.15, 0.2) is 18.2 Å². The van der Waals surface area contributed by atoms with Gasteiger partial charge in [0.1, 0.15) is 0 Å². The summed E-state index contributed by atoms with van der Waals surface area (Å²) in [6.45, 7) is 6.16. The minimum atomic E-state index is -0.184. The van der Waals surface area contributed by atoms with Gasteiger partial charge >= 0.3 is 0 Å². The summed E-state index contributed by atoms with van der Waals surface area (Å²) < 4.78 is -0.184. The average molecular weight is 234 g/mol. The van der Waals surface area contributed by atoms with E-state index in [2.05, 4.69) is 6.92 Å². The first kappa shape index (κ1) is 11.7. The second-order valence-electron chi connectivity index (χ2n) is 4.78. The third kappa shape index (κ3) is 1.91. The predicted octanol–water partition coefficient (Wildman–Crippen LogP) is 3.77. The van der Waals surface area contributed by atoms with Gasteiger partial charge in [-0.3, -0.25) is 4.79 Å². The van der Waals surface area contributed by atoms with Crippen molar-refractivity contribution >= 4 is 17.5 Å². The van der Waals surface area contributed by atoms with Crippen molar-refractivity contribution in [1.29, 1.82) is 0 Å². The van der Waals surface area contributed by atoms with Gasteiger partial charge in [0.25, 0.3) is 0 Å². The number of benzene rings is 1. The Labute approximate surface area is 102 Å². The van der Waals surface area contributed by atoms with Crippen molar-refractivity contribution in [3.63, 3.8) is 0 Å². The molecule has 1 unspecified atom stereocenters. The number of hydrogen-bond acceptors (Lipinski definition) is 2. The van der Waals surface area contributed by atoms with E-state index in [1.54, 1.807) is 0 Å². The molecule has 1 fully saturated rings. The summed E-state index contributed by atoms with van der Waals surface area (Å²) in [7, 11) is 0. The molecular formula is C14H18OS. The van der Waals surface area contributed by atoms with E-state index in [1.165, 1.54) is 0 Å². The minimum absolute atomic E-state index is 0.184. The Morgan fingerprint density at radius 3 is 2.44 bits per heavy atom. The summed E-state index contributed by atoms with van der Waals surface area (Å²) in [4.78, 5) is 12.6. The lowest BCUT2D eigenvalue weighted by molar-refractivity contribution is 0.0948. The Balaban J connectivity index is 2.41. The molecule has 1 aromatic carbocycles. The zero-order chi connectivity index (χ0) is 11.8. The molecule has 1 aliphatic heterocycles. The third-order valence-corrected chi connectivity index (χ3v) is 4.93. The number of thioether (sulfide) groups is 1. The number of Topliss-reactive ketones (excluding diaryl/α,β-unsaturated/α-hetero) is 1. The molecule has 0 saturated carbocycles. The Morgan fingerprint density at radius 1 is 1.31 bits per heavy atom. The molecule has 0 aromatic heterocycles. The Morgan fingerprint density at radius 2 is 1.94 bits per heavy atom. The van der Waals surface area contributed by atoms with Gasteiger partial charge in [-0.1, -0.05) is 18.2 Å². The summed E-state index contributed by atoms with van der Waals surface area (Å²) in [6, 6.07) is 6.08.